The second kappa shape index (κ2) is 7.39. The van der Waals surface area contributed by atoms with E-state index < -0.39 is 16.6 Å². The summed E-state index contributed by atoms with van der Waals surface area (Å²) in [5.74, 6) is 0. The Morgan fingerprint density at radius 2 is 2.04 bits per heavy atom. The first-order valence-electron chi connectivity index (χ1n) is 7.37. The first-order chi connectivity index (χ1) is 11.2. The smallest absolute Gasteiger partial charge is 0.408 e. The summed E-state index contributed by atoms with van der Waals surface area (Å²) in [7, 11) is 0. The molecule has 0 saturated heterocycles. The Balaban J connectivity index is 2.12. The van der Waals surface area contributed by atoms with E-state index in [9.17, 15) is 14.9 Å². The van der Waals surface area contributed by atoms with Crippen molar-refractivity contribution in [1.82, 2.24) is 10.3 Å². The van der Waals surface area contributed by atoms with Gasteiger partial charge in [-0.3, -0.25) is 10.1 Å². The van der Waals surface area contributed by atoms with Crippen LogP contribution in [0.15, 0.2) is 35.8 Å². The van der Waals surface area contributed by atoms with Crippen molar-refractivity contribution in [3.63, 3.8) is 0 Å². The first kappa shape index (κ1) is 17.9. The van der Waals surface area contributed by atoms with Gasteiger partial charge in [-0.2, -0.15) is 0 Å². The van der Waals surface area contributed by atoms with Gasteiger partial charge in [0.2, 0.25) is 0 Å². The van der Waals surface area contributed by atoms with E-state index in [-0.39, 0.29) is 11.7 Å². The van der Waals surface area contributed by atoms with Crippen molar-refractivity contribution in [2.75, 3.05) is 0 Å². The average Bonchev–Trinajstić information content (AvgIpc) is 2.99. The van der Waals surface area contributed by atoms with Crippen LogP contribution in [0.5, 0.6) is 0 Å². The van der Waals surface area contributed by atoms with Gasteiger partial charge >= 0.3 is 6.09 Å². The molecule has 7 nitrogen and oxygen atoms in total. The maximum atomic E-state index is 12.1. The molecular weight excluding hydrogens is 330 g/mol. The van der Waals surface area contributed by atoms with E-state index in [1.807, 2.05) is 5.38 Å². The highest BCUT2D eigenvalue weighted by molar-refractivity contribution is 7.09. The van der Waals surface area contributed by atoms with Gasteiger partial charge < -0.3 is 10.1 Å². The molecule has 1 aromatic carbocycles. The molecule has 24 heavy (non-hydrogen) atoms. The highest BCUT2D eigenvalue weighted by atomic mass is 32.1. The van der Waals surface area contributed by atoms with Crippen molar-refractivity contribution in [2.45, 2.75) is 38.8 Å². The van der Waals surface area contributed by atoms with Crippen LogP contribution in [-0.2, 0) is 11.2 Å². The van der Waals surface area contributed by atoms with E-state index in [0.29, 0.717) is 6.42 Å². The molecule has 1 atom stereocenters. The monoisotopic (exact) mass is 349 g/mol. The number of thiazole rings is 1. The van der Waals surface area contributed by atoms with E-state index in [1.54, 1.807) is 39.1 Å². The number of benzene rings is 1. The molecule has 0 spiro atoms. The first-order valence-corrected chi connectivity index (χ1v) is 8.25. The lowest BCUT2D eigenvalue weighted by Crippen LogP contribution is -2.35. The zero-order valence-corrected chi connectivity index (χ0v) is 14.5. The lowest BCUT2D eigenvalue weighted by Gasteiger charge is -2.23. The largest absolute Gasteiger partial charge is 0.444 e. The van der Waals surface area contributed by atoms with Crippen molar-refractivity contribution in [1.29, 1.82) is 0 Å². The summed E-state index contributed by atoms with van der Waals surface area (Å²) in [6.07, 6.45) is 1.61. The molecule has 0 aliphatic heterocycles. The molecule has 1 heterocycles. The molecule has 0 aliphatic carbocycles. The number of nitro groups is 1. The minimum atomic E-state index is -0.592. The second-order valence-corrected chi connectivity index (χ2v) is 7.12. The van der Waals surface area contributed by atoms with E-state index in [1.165, 1.54) is 23.5 Å². The molecule has 8 heteroatoms. The van der Waals surface area contributed by atoms with Crippen LogP contribution < -0.4 is 5.32 Å². The van der Waals surface area contributed by atoms with Gasteiger partial charge in [0.1, 0.15) is 10.6 Å². The highest BCUT2D eigenvalue weighted by Gasteiger charge is 2.22. The van der Waals surface area contributed by atoms with Crippen molar-refractivity contribution in [2.24, 2.45) is 0 Å². The zero-order valence-electron chi connectivity index (χ0n) is 13.7. The zero-order chi connectivity index (χ0) is 17.7. The molecule has 0 bridgehead atoms. The number of carbonyl (C=O) groups excluding carboxylic acids is 1. The number of non-ortho nitro benzene ring substituents is 1. The van der Waals surface area contributed by atoms with Crippen molar-refractivity contribution >= 4 is 23.1 Å². The SMILES string of the molecule is CC(C)(C)OC(=O)N[C@H](Cc1ccc([N+](=O)[O-])cc1)c1nccs1. The molecule has 0 radical (unpaired) electrons. The Morgan fingerprint density at radius 1 is 1.38 bits per heavy atom. The van der Waals surface area contributed by atoms with Crippen LogP contribution in [-0.4, -0.2) is 21.6 Å². The Morgan fingerprint density at radius 3 is 2.54 bits per heavy atom. The van der Waals surface area contributed by atoms with Crippen LogP contribution in [0.1, 0.15) is 37.4 Å². The summed E-state index contributed by atoms with van der Waals surface area (Å²) in [4.78, 5) is 26.6. The number of hydrogen-bond donors (Lipinski definition) is 1. The Kier molecular flexibility index (Phi) is 5.50. The molecule has 1 N–H and O–H groups in total. The van der Waals surface area contributed by atoms with Gasteiger partial charge in [-0.25, -0.2) is 9.78 Å². The van der Waals surface area contributed by atoms with Crippen LogP contribution in [0.2, 0.25) is 0 Å². The van der Waals surface area contributed by atoms with Gasteiger partial charge in [0.05, 0.1) is 11.0 Å². The summed E-state index contributed by atoms with van der Waals surface area (Å²) < 4.78 is 5.29. The third kappa shape index (κ3) is 5.31. The molecule has 2 rings (SSSR count). The molecule has 0 unspecified atom stereocenters. The standard InChI is InChI=1S/C16H19N3O4S/c1-16(2,3)23-15(20)18-13(14-17-8-9-24-14)10-11-4-6-12(7-5-11)19(21)22/h4-9,13H,10H2,1-3H3,(H,18,20)/t13-/m1/s1. The minimum Gasteiger partial charge on any atom is -0.444 e. The van der Waals surface area contributed by atoms with Crippen LogP contribution in [0.4, 0.5) is 10.5 Å². The van der Waals surface area contributed by atoms with Gasteiger partial charge in [-0.1, -0.05) is 12.1 Å². The molecular formula is C16H19N3O4S. The molecule has 2 aromatic rings. The number of nitrogens with zero attached hydrogens (tertiary/aromatic N) is 2. The molecule has 1 aromatic heterocycles. The van der Waals surface area contributed by atoms with Gasteiger partial charge in [-0.05, 0) is 32.8 Å². The number of rotatable bonds is 5. The third-order valence-corrected chi connectivity index (χ3v) is 3.92. The normalized spacial score (nSPS) is 12.5. The van der Waals surface area contributed by atoms with Crippen LogP contribution >= 0.6 is 11.3 Å². The second-order valence-electron chi connectivity index (χ2n) is 6.20. The third-order valence-electron chi connectivity index (χ3n) is 3.03. The van der Waals surface area contributed by atoms with E-state index in [0.717, 1.165) is 10.6 Å². The number of ether oxygens (including phenoxy) is 1. The Hall–Kier alpha value is -2.48. The van der Waals surface area contributed by atoms with Gasteiger partial charge in [0.25, 0.3) is 5.69 Å². The van der Waals surface area contributed by atoms with E-state index in [2.05, 4.69) is 10.3 Å². The fourth-order valence-corrected chi connectivity index (χ4v) is 2.74. The fraction of sp³-hybridized carbons (Fsp3) is 0.375. The van der Waals surface area contributed by atoms with Crippen LogP contribution in [0, 0.1) is 10.1 Å². The number of carbonyl (C=O) groups is 1. The summed E-state index contributed by atoms with van der Waals surface area (Å²) in [5.41, 5.74) is 0.298. The number of nitro benzene ring substituents is 1. The van der Waals surface area contributed by atoms with Gasteiger partial charge in [0.15, 0.2) is 0 Å². The maximum absolute atomic E-state index is 12.1. The number of amides is 1. The van der Waals surface area contributed by atoms with Crippen LogP contribution in [0.3, 0.4) is 0 Å². The topological polar surface area (TPSA) is 94.4 Å². The summed E-state index contributed by atoms with van der Waals surface area (Å²) in [6.45, 7) is 5.38. The molecule has 0 fully saturated rings. The predicted octanol–water partition coefficient (Wildman–Crippen LogP) is 3.86. The van der Waals surface area contributed by atoms with E-state index in [4.69, 9.17) is 4.74 Å². The Labute approximate surface area is 143 Å². The van der Waals surface area contributed by atoms with Crippen molar-refractivity contribution in [3.05, 3.63) is 56.5 Å². The highest BCUT2D eigenvalue weighted by Crippen LogP contribution is 2.22. The average molecular weight is 349 g/mol. The lowest BCUT2D eigenvalue weighted by molar-refractivity contribution is -0.384. The molecule has 0 aliphatic rings. The predicted molar refractivity (Wildman–Crippen MR) is 91.0 cm³/mol. The number of nitrogens with one attached hydrogen (secondary N) is 1. The quantitative estimate of drug-likeness (QED) is 0.653. The number of alkyl carbamates (subject to hydrolysis) is 1. The molecule has 128 valence electrons. The maximum Gasteiger partial charge on any atom is 0.408 e. The van der Waals surface area contributed by atoms with E-state index >= 15 is 0 Å². The summed E-state index contributed by atoms with van der Waals surface area (Å²) in [5, 5.41) is 16.1. The molecule has 1 amide bonds. The van der Waals surface area contributed by atoms with Crippen molar-refractivity contribution < 1.29 is 14.5 Å². The Bertz CT molecular complexity index is 693. The minimum absolute atomic E-state index is 0.0321. The van der Waals surface area contributed by atoms with Gasteiger partial charge in [0, 0.05) is 23.7 Å². The van der Waals surface area contributed by atoms with Crippen molar-refractivity contribution in [3.8, 4) is 0 Å². The molecule has 0 saturated carbocycles. The number of aromatic nitrogens is 1. The summed E-state index contributed by atoms with van der Waals surface area (Å²) >= 11 is 1.43. The van der Waals surface area contributed by atoms with Crippen LogP contribution in [0.25, 0.3) is 0 Å². The fourth-order valence-electron chi connectivity index (χ4n) is 2.05. The lowest BCUT2D eigenvalue weighted by atomic mass is 10.1. The number of hydrogen-bond acceptors (Lipinski definition) is 6. The summed E-state index contributed by atoms with van der Waals surface area (Å²) in [6, 6.07) is 5.88. The van der Waals surface area contributed by atoms with Gasteiger partial charge in [-0.15, -0.1) is 11.3 Å².